The van der Waals surface area contributed by atoms with Crippen molar-refractivity contribution in [1.82, 2.24) is 10.2 Å². The molecule has 0 aliphatic heterocycles. The van der Waals surface area contributed by atoms with Gasteiger partial charge >= 0.3 is 6.03 Å². The van der Waals surface area contributed by atoms with Crippen LogP contribution < -0.4 is 5.32 Å². The van der Waals surface area contributed by atoms with Crippen molar-refractivity contribution in [2.75, 3.05) is 7.05 Å². The lowest BCUT2D eigenvalue weighted by Crippen LogP contribution is -2.38. The second kappa shape index (κ2) is 7.14. The first kappa shape index (κ1) is 15.4. The van der Waals surface area contributed by atoms with Crippen LogP contribution in [0.3, 0.4) is 0 Å². The number of halogens is 1. The summed E-state index contributed by atoms with van der Waals surface area (Å²) in [6.07, 6.45) is 0. The van der Waals surface area contributed by atoms with Crippen LogP contribution in [-0.4, -0.2) is 18.0 Å². The highest BCUT2D eigenvalue weighted by Crippen LogP contribution is 2.20. The van der Waals surface area contributed by atoms with Gasteiger partial charge < -0.3 is 10.2 Å². The van der Waals surface area contributed by atoms with Crippen molar-refractivity contribution in [3.8, 4) is 0 Å². The van der Waals surface area contributed by atoms with E-state index in [1.54, 1.807) is 11.9 Å². The van der Waals surface area contributed by atoms with Crippen LogP contribution in [-0.2, 0) is 6.54 Å². The highest BCUT2D eigenvalue weighted by atomic mass is 35.5. The Bertz CT molecular complexity index is 583. The lowest BCUT2D eigenvalue weighted by atomic mass is 10.1. The largest absolute Gasteiger partial charge is 0.334 e. The molecule has 21 heavy (non-hydrogen) atoms. The third-order valence-corrected chi connectivity index (χ3v) is 3.79. The maximum atomic E-state index is 12.2. The van der Waals surface area contributed by atoms with Crippen LogP contribution in [0.5, 0.6) is 0 Å². The number of nitrogens with one attached hydrogen (secondary N) is 1. The SMILES string of the molecule is CC(c1ccc(Cl)cc1)N(C)C(=O)NCc1ccccc1. The lowest BCUT2D eigenvalue weighted by Gasteiger charge is -2.25. The number of hydrogen-bond donors (Lipinski definition) is 1. The zero-order chi connectivity index (χ0) is 15.2. The molecule has 1 N–H and O–H groups in total. The Hall–Kier alpha value is -2.00. The number of carbonyl (C=O) groups excluding carboxylic acids is 1. The second-order valence-corrected chi connectivity index (χ2v) is 5.42. The Balaban J connectivity index is 1.94. The van der Waals surface area contributed by atoms with Crippen LogP contribution >= 0.6 is 11.6 Å². The van der Waals surface area contributed by atoms with Crippen molar-refractivity contribution in [1.29, 1.82) is 0 Å². The fourth-order valence-electron chi connectivity index (χ4n) is 2.04. The van der Waals surface area contributed by atoms with E-state index < -0.39 is 0 Å². The van der Waals surface area contributed by atoms with Crippen molar-refractivity contribution in [3.63, 3.8) is 0 Å². The smallest absolute Gasteiger partial charge is 0.317 e. The van der Waals surface area contributed by atoms with Crippen LogP contribution in [0, 0.1) is 0 Å². The molecule has 1 unspecified atom stereocenters. The van der Waals surface area contributed by atoms with Gasteiger partial charge in [0.05, 0.1) is 6.04 Å². The molecule has 0 fully saturated rings. The Morgan fingerprint density at radius 2 is 1.76 bits per heavy atom. The number of hydrogen-bond acceptors (Lipinski definition) is 1. The molecule has 3 nitrogen and oxygen atoms in total. The molecule has 0 aliphatic rings. The molecule has 110 valence electrons. The van der Waals surface area contributed by atoms with Gasteiger partial charge in [0.25, 0.3) is 0 Å². The highest BCUT2D eigenvalue weighted by molar-refractivity contribution is 6.30. The van der Waals surface area contributed by atoms with E-state index >= 15 is 0 Å². The number of amides is 2. The van der Waals surface area contributed by atoms with E-state index in [2.05, 4.69) is 5.32 Å². The predicted molar refractivity (Wildman–Crippen MR) is 86.3 cm³/mol. The highest BCUT2D eigenvalue weighted by Gasteiger charge is 2.16. The van der Waals surface area contributed by atoms with Crippen molar-refractivity contribution in [3.05, 3.63) is 70.7 Å². The molecule has 2 aromatic rings. The van der Waals surface area contributed by atoms with Gasteiger partial charge in [-0.25, -0.2) is 4.79 Å². The Morgan fingerprint density at radius 3 is 2.38 bits per heavy atom. The Morgan fingerprint density at radius 1 is 1.14 bits per heavy atom. The molecule has 2 aromatic carbocycles. The quantitative estimate of drug-likeness (QED) is 0.900. The zero-order valence-electron chi connectivity index (χ0n) is 12.2. The summed E-state index contributed by atoms with van der Waals surface area (Å²) in [7, 11) is 1.79. The maximum absolute atomic E-state index is 12.2. The van der Waals surface area contributed by atoms with Gasteiger partial charge in [0.15, 0.2) is 0 Å². The topological polar surface area (TPSA) is 32.3 Å². The first-order valence-corrected chi connectivity index (χ1v) is 7.26. The molecule has 2 rings (SSSR count). The minimum absolute atomic E-state index is 0.0157. The summed E-state index contributed by atoms with van der Waals surface area (Å²) in [5.74, 6) is 0. The fraction of sp³-hybridized carbons (Fsp3) is 0.235. The molecule has 2 amide bonds. The summed E-state index contributed by atoms with van der Waals surface area (Å²) in [6.45, 7) is 2.52. The summed E-state index contributed by atoms with van der Waals surface area (Å²) in [4.78, 5) is 13.9. The normalized spacial score (nSPS) is 11.8. The van der Waals surface area contributed by atoms with Crippen molar-refractivity contribution < 1.29 is 4.79 Å². The molecular formula is C17H19ClN2O. The maximum Gasteiger partial charge on any atom is 0.317 e. The zero-order valence-corrected chi connectivity index (χ0v) is 13.0. The van der Waals surface area contributed by atoms with E-state index in [1.807, 2.05) is 61.5 Å². The third kappa shape index (κ3) is 4.23. The molecule has 0 spiro atoms. The van der Waals surface area contributed by atoms with E-state index in [-0.39, 0.29) is 12.1 Å². The Kier molecular flexibility index (Phi) is 5.23. The van der Waals surface area contributed by atoms with Gasteiger partial charge in [-0.05, 0) is 30.2 Å². The molecular weight excluding hydrogens is 284 g/mol. The molecule has 1 atom stereocenters. The van der Waals surface area contributed by atoms with Crippen molar-refractivity contribution in [2.24, 2.45) is 0 Å². The summed E-state index contributed by atoms with van der Waals surface area (Å²) < 4.78 is 0. The van der Waals surface area contributed by atoms with E-state index in [9.17, 15) is 4.79 Å². The van der Waals surface area contributed by atoms with E-state index in [0.717, 1.165) is 11.1 Å². The molecule has 0 radical (unpaired) electrons. The van der Waals surface area contributed by atoms with Gasteiger partial charge in [-0.15, -0.1) is 0 Å². The summed E-state index contributed by atoms with van der Waals surface area (Å²) in [5, 5.41) is 3.62. The molecule has 0 saturated heterocycles. The molecule has 0 bridgehead atoms. The lowest BCUT2D eigenvalue weighted by molar-refractivity contribution is 0.194. The average molecular weight is 303 g/mol. The van der Waals surface area contributed by atoms with Crippen LogP contribution in [0.2, 0.25) is 5.02 Å². The van der Waals surface area contributed by atoms with Crippen molar-refractivity contribution >= 4 is 17.6 Å². The second-order valence-electron chi connectivity index (χ2n) is 4.98. The van der Waals surface area contributed by atoms with Crippen LogP contribution in [0.15, 0.2) is 54.6 Å². The monoisotopic (exact) mass is 302 g/mol. The number of carbonyl (C=O) groups is 1. The van der Waals surface area contributed by atoms with Crippen molar-refractivity contribution in [2.45, 2.75) is 19.5 Å². The summed E-state index contributed by atoms with van der Waals surface area (Å²) >= 11 is 5.88. The number of benzene rings is 2. The van der Waals surface area contributed by atoms with Gasteiger partial charge in [0, 0.05) is 18.6 Å². The van der Waals surface area contributed by atoms with Gasteiger partial charge in [-0.3, -0.25) is 0 Å². The van der Waals surface area contributed by atoms with E-state index in [0.29, 0.717) is 11.6 Å². The minimum Gasteiger partial charge on any atom is -0.334 e. The first-order chi connectivity index (χ1) is 10.1. The van der Waals surface area contributed by atoms with E-state index in [1.165, 1.54) is 0 Å². The third-order valence-electron chi connectivity index (χ3n) is 3.54. The standard InChI is InChI=1S/C17H19ClN2O/c1-13(15-8-10-16(18)11-9-15)20(2)17(21)19-12-14-6-4-3-5-7-14/h3-11,13H,12H2,1-2H3,(H,19,21). The van der Waals surface area contributed by atoms with Crippen LogP contribution in [0.4, 0.5) is 4.79 Å². The van der Waals surface area contributed by atoms with Gasteiger partial charge in [0.2, 0.25) is 0 Å². The van der Waals surface area contributed by atoms with Crippen LogP contribution in [0.1, 0.15) is 24.1 Å². The van der Waals surface area contributed by atoms with Crippen LogP contribution in [0.25, 0.3) is 0 Å². The predicted octanol–water partition coefficient (Wildman–Crippen LogP) is 4.24. The van der Waals surface area contributed by atoms with E-state index in [4.69, 9.17) is 11.6 Å². The summed E-state index contributed by atoms with van der Waals surface area (Å²) in [5.41, 5.74) is 2.13. The number of rotatable bonds is 4. The minimum atomic E-state index is -0.0960. The Labute approximate surface area is 130 Å². The van der Waals surface area contributed by atoms with Gasteiger partial charge in [-0.1, -0.05) is 54.1 Å². The number of nitrogens with zero attached hydrogens (tertiary/aromatic N) is 1. The molecule has 0 heterocycles. The molecule has 0 aromatic heterocycles. The van der Waals surface area contributed by atoms with Gasteiger partial charge in [-0.2, -0.15) is 0 Å². The molecule has 0 saturated carbocycles. The molecule has 4 heteroatoms. The van der Waals surface area contributed by atoms with Gasteiger partial charge in [0.1, 0.15) is 0 Å². The fourth-order valence-corrected chi connectivity index (χ4v) is 2.17. The molecule has 0 aliphatic carbocycles. The first-order valence-electron chi connectivity index (χ1n) is 6.88. The number of urea groups is 1. The average Bonchev–Trinajstić information content (AvgIpc) is 2.53. The summed E-state index contributed by atoms with van der Waals surface area (Å²) in [6, 6.07) is 17.3.